The predicted octanol–water partition coefficient (Wildman–Crippen LogP) is 3.81. The van der Waals surface area contributed by atoms with Gasteiger partial charge in [0.2, 0.25) is 5.91 Å². The largest absolute Gasteiger partial charge is 0.370 e. The highest BCUT2D eigenvalue weighted by Gasteiger charge is 2.27. The Balaban J connectivity index is 1.43. The number of pyridine rings is 1. The minimum atomic E-state index is -0.360. The molecular weight excluding hydrogens is 356 g/mol. The minimum absolute atomic E-state index is 0.0847. The van der Waals surface area contributed by atoms with Crippen molar-refractivity contribution < 1.29 is 9.72 Å². The molecule has 1 saturated carbocycles. The Labute approximate surface area is 164 Å². The lowest BCUT2D eigenvalue weighted by atomic mass is 9.88. The molecule has 1 amide bonds. The average Bonchev–Trinajstić information content (AvgIpc) is 2.74. The zero-order valence-corrected chi connectivity index (χ0v) is 16.0. The number of hydrogen-bond acceptors (Lipinski definition) is 5. The second-order valence-corrected chi connectivity index (χ2v) is 7.87. The number of rotatable bonds is 4. The second-order valence-electron chi connectivity index (χ2n) is 7.87. The third-order valence-corrected chi connectivity index (χ3v) is 6.08. The van der Waals surface area contributed by atoms with Gasteiger partial charge in [-0.25, -0.2) is 0 Å². The number of carbonyl (C=O) groups is 1. The summed E-state index contributed by atoms with van der Waals surface area (Å²) in [6, 6.07) is 7.06. The summed E-state index contributed by atoms with van der Waals surface area (Å²) in [5.41, 5.74) is 1.68. The van der Waals surface area contributed by atoms with Crippen molar-refractivity contribution >= 4 is 28.2 Å². The third kappa shape index (κ3) is 3.79. The van der Waals surface area contributed by atoms with Crippen molar-refractivity contribution in [2.24, 2.45) is 5.92 Å². The number of hydrogen-bond donors (Lipinski definition) is 1. The lowest BCUT2D eigenvalue weighted by Gasteiger charge is -2.35. The Hall–Kier alpha value is -2.70. The van der Waals surface area contributed by atoms with Crippen molar-refractivity contribution in [2.75, 3.05) is 18.0 Å². The molecule has 2 aromatic rings. The van der Waals surface area contributed by atoms with E-state index >= 15 is 0 Å². The first-order valence-corrected chi connectivity index (χ1v) is 10.2. The van der Waals surface area contributed by atoms with Crippen LogP contribution in [0.15, 0.2) is 30.5 Å². The molecule has 4 rings (SSSR count). The number of benzene rings is 1. The van der Waals surface area contributed by atoms with Crippen LogP contribution in [0.25, 0.3) is 10.9 Å². The molecule has 148 valence electrons. The monoisotopic (exact) mass is 382 g/mol. The average molecular weight is 382 g/mol. The van der Waals surface area contributed by atoms with Gasteiger partial charge >= 0.3 is 0 Å². The van der Waals surface area contributed by atoms with E-state index in [9.17, 15) is 14.9 Å². The Bertz CT molecular complexity index is 871. The number of piperidine rings is 1. The maximum absolute atomic E-state index is 12.5. The van der Waals surface area contributed by atoms with Crippen LogP contribution < -0.4 is 10.2 Å². The van der Waals surface area contributed by atoms with Gasteiger partial charge in [-0.05, 0) is 43.9 Å². The van der Waals surface area contributed by atoms with E-state index in [4.69, 9.17) is 0 Å². The molecule has 1 aliphatic heterocycles. The number of aromatic nitrogens is 1. The highest BCUT2D eigenvalue weighted by molar-refractivity contribution is 5.97. The highest BCUT2D eigenvalue weighted by Crippen LogP contribution is 2.33. The molecule has 1 aromatic carbocycles. The molecule has 7 nitrogen and oxygen atoms in total. The third-order valence-electron chi connectivity index (χ3n) is 6.08. The number of nitro groups is 1. The van der Waals surface area contributed by atoms with Crippen LogP contribution in [-0.4, -0.2) is 34.9 Å². The van der Waals surface area contributed by atoms with Crippen LogP contribution in [0.3, 0.4) is 0 Å². The van der Waals surface area contributed by atoms with E-state index in [0.29, 0.717) is 10.9 Å². The summed E-state index contributed by atoms with van der Waals surface area (Å²) < 4.78 is 0. The lowest BCUT2D eigenvalue weighted by molar-refractivity contribution is -0.383. The van der Waals surface area contributed by atoms with Crippen LogP contribution in [0.4, 0.5) is 11.4 Å². The lowest BCUT2D eigenvalue weighted by Crippen LogP contribution is -2.46. The molecule has 1 saturated heterocycles. The van der Waals surface area contributed by atoms with E-state index in [0.717, 1.165) is 57.3 Å². The number of nitrogens with zero attached hydrogens (tertiary/aromatic N) is 3. The summed E-state index contributed by atoms with van der Waals surface area (Å²) in [6.45, 7) is 1.61. The normalized spacial score (nSPS) is 18.9. The number of nitro benzene ring substituents is 1. The fourth-order valence-electron chi connectivity index (χ4n) is 4.51. The van der Waals surface area contributed by atoms with Crippen LogP contribution in [-0.2, 0) is 4.79 Å². The molecule has 1 N–H and O–H groups in total. The Morgan fingerprint density at radius 1 is 1.11 bits per heavy atom. The Morgan fingerprint density at radius 3 is 2.57 bits per heavy atom. The van der Waals surface area contributed by atoms with Gasteiger partial charge in [0.05, 0.1) is 16.0 Å². The van der Waals surface area contributed by atoms with Gasteiger partial charge in [0.1, 0.15) is 5.52 Å². The van der Waals surface area contributed by atoms with Crippen LogP contribution >= 0.6 is 0 Å². The first-order chi connectivity index (χ1) is 13.6. The van der Waals surface area contributed by atoms with E-state index in [-0.39, 0.29) is 28.5 Å². The summed E-state index contributed by atoms with van der Waals surface area (Å²) in [5, 5.41) is 15.1. The van der Waals surface area contributed by atoms with Crippen LogP contribution in [0, 0.1) is 16.0 Å². The first-order valence-electron chi connectivity index (χ1n) is 10.2. The number of carbonyl (C=O) groups excluding carboxylic acids is 1. The van der Waals surface area contributed by atoms with Gasteiger partial charge in [-0.2, -0.15) is 0 Å². The van der Waals surface area contributed by atoms with Crippen molar-refractivity contribution in [3.8, 4) is 0 Å². The van der Waals surface area contributed by atoms with Crippen molar-refractivity contribution in [1.29, 1.82) is 0 Å². The summed E-state index contributed by atoms with van der Waals surface area (Å²) in [4.78, 5) is 30.1. The maximum Gasteiger partial charge on any atom is 0.278 e. The quantitative estimate of drug-likeness (QED) is 0.642. The predicted molar refractivity (Wildman–Crippen MR) is 108 cm³/mol. The van der Waals surface area contributed by atoms with E-state index < -0.39 is 0 Å². The van der Waals surface area contributed by atoms with E-state index in [1.54, 1.807) is 30.5 Å². The van der Waals surface area contributed by atoms with Crippen molar-refractivity contribution in [3.63, 3.8) is 0 Å². The topological polar surface area (TPSA) is 88.4 Å². The molecular formula is C21H26N4O3. The van der Waals surface area contributed by atoms with Crippen LogP contribution in [0.2, 0.25) is 0 Å². The molecule has 0 radical (unpaired) electrons. The van der Waals surface area contributed by atoms with E-state index in [1.165, 1.54) is 6.42 Å². The van der Waals surface area contributed by atoms with Crippen molar-refractivity contribution in [1.82, 2.24) is 10.3 Å². The number of non-ortho nitro benzene ring substituents is 1. The van der Waals surface area contributed by atoms with Gasteiger partial charge in [0.15, 0.2) is 0 Å². The first kappa shape index (κ1) is 18.7. The summed E-state index contributed by atoms with van der Waals surface area (Å²) in [5.74, 6) is 0.412. The van der Waals surface area contributed by atoms with E-state index in [1.807, 2.05) is 0 Å². The Morgan fingerprint density at radius 2 is 1.86 bits per heavy atom. The van der Waals surface area contributed by atoms with Gasteiger partial charge in [-0.15, -0.1) is 0 Å². The fraction of sp³-hybridized carbons (Fsp3) is 0.524. The minimum Gasteiger partial charge on any atom is -0.370 e. The summed E-state index contributed by atoms with van der Waals surface area (Å²) in [7, 11) is 0. The number of amides is 1. The molecule has 28 heavy (non-hydrogen) atoms. The van der Waals surface area contributed by atoms with E-state index in [2.05, 4.69) is 15.2 Å². The molecule has 1 aliphatic carbocycles. The smallest absolute Gasteiger partial charge is 0.278 e. The molecule has 0 atom stereocenters. The SMILES string of the molecule is O=C(NC1CCN(c2ccc([N+](=O)[O-])c3cccnc23)CC1)C1CCCCC1. The maximum atomic E-state index is 12.5. The van der Waals surface area contributed by atoms with Gasteiger partial charge in [0.25, 0.3) is 5.69 Å². The Kier molecular flexibility index (Phi) is 5.41. The second kappa shape index (κ2) is 8.12. The van der Waals surface area contributed by atoms with Crippen molar-refractivity contribution in [2.45, 2.75) is 51.0 Å². The van der Waals surface area contributed by atoms with Gasteiger partial charge in [0, 0.05) is 37.3 Å². The zero-order chi connectivity index (χ0) is 19.5. The molecule has 2 heterocycles. The number of anilines is 1. The molecule has 0 bridgehead atoms. The zero-order valence-electron chi connectivity index (χ0n) is 16.0. The molecule has 2 fully saturated rings. The van der Waals surface area contributed by atoms with Gasteiger partial charge in [-0.1, -0.05) is 19.3 Å². The van der Waals surface area contributed by atoms with Gasteiger partial charge < -0.3 is 10.2 Å². The van der Waals surface area contributed by atoms with Crippen LogP contribution in [0.1, 0.15) is 44.9 Å². The van der Waals surface area contributed by atoms with Crippen LogP contribution in [0.5, 0.6) is 0 Å². The molecule has 7 heteroatoms. The molecule has 0 spiro atoms. The summed E-state index contributed by atoms with van der Waals surface area (Å²) >= 11 is 0. The molecule has 0 unspecified atom stereocenters. The molecule has 2 aliphatic rings. The number of nitrogens with one attached hydrogen (secondary N) is 1. The summed E-state index contributed by atoms with van der Waals surface area (Å²) in [6.07, 6.45) is 9.05. The highest BCUT2D eigenvalue weighted by atomic mass is 16.6. The number of fused-ring (bicyclic) bond motifs is 1. The molecule has 1 aromatic heterocycles. The van der Waals surface area contributed by atoms with Gasteiger partial charge in [-0.3, -0.25) is 19.9 Å². The fourth-order valence-corrected chi connectivity index (χ4v) is 4.51. The standard InChI is InChI=1S/C21H26N4O3/c26-21(15-5-2-1-3-6-15)23-16-10-13-24(14-11-16)19-9-8-18(25(27)28)17-7-4-12-22-20(17)19/h4,7-9,12,15-16H,1-3,5-6,10-11,13-14H2,(H,23,26). The van der Waals surface area contributed by atoms with Crippen molar-refractivity contribution in [3.05, 3.63) is 40.6 Å².